The van der Waals surface area contributed by atoms with Crippen molar-refractivity contribution in [3.8, 4) is 0 Å². The quantitative estimate of drug-likeness (QED) is 0.566. The smallest absolute Gasteiger partial charge is 0.408 e. The summed E-state index contributed by atoms with van der Waals surface area (Å²) in [5.74, 6) is -0.613. The lowest BCUT2D eigenvalue weighted by Gasteiger charge is -2.29. The van der Waals surface area contributed by atoms with Crippen molar-refractivity contribution < 1.29 is 23.9 Å². The summed E-state index contributed by atoms with van der Waals surface area (Å²) in [7, 11) is 3.40. The number of rotatable bonds is 6. The summed E-state index contributed by atoms with van der Waals surface area (Å²) < 4.78 is 6.24. The number of nitrogens with zero attached hydrogens (tertiary/aromatic N) is 2. The van der Waals surface area contributed by atoms with E-state index in [1.807, 2.05) is 19.1 Å². The lowest BCUT2D eigenvalue weighted by atomic mass is 10.0. The first-order valence-corrected chi connectivity index (χ1v) is 12.7. The van der Waals surface area contributed by atoms with Crippen LogP contribution >= 0.6 is 15.9 Å². The van der Waals surface area contributed by atoms with Crippen LogP contribution in [-0.4, -0.2) is 66.5 Å². The van der Waals surface area contributed by atoms with Gasteiger partial charge in [-0.25, -0.2) is 4.79 Å². The minimum absolute atomic E-state index is 0.00684. The summed E-state index contributed by atoms with van der Waals surface area (Å²) in [6.07, 6.45) is 1.50. The maximum Gasteiger partial charge on any atom is 0.408 e. The average Bonchev–Trinajstić information content (AvgIpc) is 3.06. The number of benzene rings is 1. The van der Waals surface area contributed by atoms with Crippen LogP contribution in [0.25, 0.3) is 0 Å². The van der Waals surface area contributed by atoms with Gasteiger partial charge in [0.05, 0.1) is 5.69 Å². The first-order chi connectivity index (χ1) is 16.3. The molecule has 2 aliphatic heterocycles. The topological polar surface area (TPSA) is 108 Å². The number of aryl methyl sites for hydroxylation is 1. The molecule has 3 rings (SSSR count). The molecule has 2 N–H and O–H groups in total. The van der Waals surface area contributed by atoms with Crippen LogP contribution in [-0.2, 0) is 32.0 Å². The van der Waals surface area contributed by atoms with E-state index in [0.717, 1.165) is 21.3 Å². The molecule has 0 fully saturated rings. The van der Waals surface area contributed by atoms with E-state index in [1.54, 1.807) is 39.8 Å². The van der Waals surface area contributed by atoms with Crippen LogP contribution in [0.2, 0.25) is 0 Å². The van der Waals surface area contributed by atoms with Crippen LogP contribution in [0.3, 0.4) is 0 Å². The van der Waals surface area contributed by atoms with Crippen molar-refractivity contribution >= 4 is 45.4 Å². The van der Waals surface area contributed by atoms with Crippen molar-refractivity contribution in [2.45, 2.75) is 83.5 Å². The molecule has 3 atom stereocenters. The first-order valence-electron chi connectivity index (χ1n) is 11.9. The molecule has 1 aromatic carbocycles. The normalized spacial score (nSPS) is 20.0. The Bertz CT molecular complexity index is 1020. The first kappa shape index (κ1) is 27.0. The molecular weight excluding hydrogens is 516 g/mol. The van der Waals surface area contributed by atoms with Gasteiger partial charge in [-0.15, -0.1) is 0 Å². The maximum absolute atomic E-state index is 13.7. The third kappa shape index (κ3) is 6.54. The number of amides is 4. The highest BCUT2D eigenvalue weighted by Crippen LogP contribution is 2.41. The largest absolute Gasteiger partial charge is 0.444 e. The molecule has 0 unspecified atom stereocenters. The zero-order chi connectivity index (χ0) is 26.1. The molecule has 0 spiro atoms. The summed E-state index contributed by atoms with van der Waals surface area (Å²) in [6, 6.07) is 2.11. The van der Waals surface area contributed by atoms with Crippen molar-refractivity contribution in [2.24, 2.45) is 0 Å². The van der Waals surface area contributed by atoms with Gasteiger partial charge in [-0.1, -0.05) is 15.9 Å². The van der Waals surface area contributed by atoms with Crippen molar-refractivity contribution in [3.05, 3.63) is 27.7 Å². The Morgan fingerprint density at radius 2 is 1.89 bits per heavy atom. The number of hydrogen-bond acceptors (Lipinski definition) is 5. The van der Waals surface area contributed by atoms with Crippen LogP contribution < -0.4 is 15.5 Å². The Hall–Kier alpha value is -2.62. The minimum atomic E-state index is -0.813. The highest BCUT2D eigenvalue weighted by molar-refractivity contribution is 9.10. The molecule has 9 nitrogen and oxygen atoms in total. The van der Waals surface area contributed by atoms with Gasteiger partial charge in [-0.05, 0) is 70.2 Å². The molecule has 10 heteroatoms. The molecule has 192 valence electrons. The third-order valence-electron chi connectivity index (χ3n) is 6.11. The van der Waals surface area contributed by atoms with Gasteiger partial charge in [0.25, 0.3) is 0 Å². The monoisotopic (exact) mass is 550 g/mol. The summed E-state index contributed by atoms with van der Waals surface area (Å²) in [5, 5.41) is 5.68. The van der Waals surface area contributed by atoms with Gasteiger partial charge >= 0.3 is 6.09 Å². The Labute approximate surface area is 215 Å². The van der Waals surface area contributed by atoms with Gasteiger partial charge in [-0.3, -0.25) is 19.3 Å². The van der Waals surface area contributed by atoms with Crippen molar-refractivity contribution in [1.29, 1.82) is 0 Å². The summed E-state index contributed by atoms with van der Waals surface area (Å²) in [5.41, 5.74) is 1.92. The van der Waals surface area contributed by atoms with E-state index < -0.39 is 23.8 Å². The fraction of sp³-hybridized carbons (Fsp3) is 0.600. The summed E-state index contributed by atoms with van der Waals surface area (Å²) in [4.78, 5) is 54.4. The summed E-state index contributed by atoms with van der Waals surface area (Å²) in [6.45, 7) is 7.13. The maximum atomic E-state index is 13.7. The molecule has 35 heavy (non-hydrogen) atoms. The molecule has 4 amide bonds. The highest BCUT2D eigenvalue weighted by atomic mass is 79.9. The third-order valence-corrected chi connectivity index (χ3v) is 6.57. The zero-order valence-electron chi connectivity index (χ0n) is 21.2. The fourth-order valence-electron chi connectivity index (χ4n) is 4.45. The van der Waals surface area contributed by atoms with Crippen LogP contribution in [0.1, 0.15) is 58.1 Å². The Kier molecular flexibility index (Phi) is 8.14. The number of alkyl carbamates (subject to hydrolysis) is 1. The predicted octanol–water partition coefficient (Wildman–Crippen LogP) is 2.92. The minimum Gasteiger partial charge on any atom is -0.444 e. The van der Waals surface area contributed by atoms with Gasteiger partial charge in [0.2, 0.25) is 17.7 Å². The molecule has 0 saturated carbocycles. The Morgan fingerprint density at radius 1 is 1.23 bits per heavy atom. The van der Waals surface area contributed by atoms with E-state index in [1.165, 1.54) is 4.90 Å². The molecule has 0 aromatic heterocycles. The predicted molar refractivity (Wildman–Crippen MR) is 136 cm³/mol. The van der Waals surface area contributed by atoms with Gasteiger partial charge in [-0.2, -0.15) is 0 Å². The van der Waals surface area contributed by atoms with E-state index in [0.29, 0.717) is 32.1 Å². The van der Waals surface area contributed by atoms with Crippen molar-refractivity contribution in [1.82, 2.24) is 15.5 Å². The molecule has 1 aromatic rings. The Balaban J connectivity index is 1.81. The van der Waals surface area contributed by atoms with E-state index in [2.05, 4.69) is 26.6 Å². The van der Waals surface area contributed by atoms with Crippen LogP contribution in [0, 0.1) is 0 Å². The number of hydrogen-bond donors (Lipinski definition) is 2. The highest BCUT2D eigenvalue weighted by Gasteiger charge is 2.44. The number of carbonyl (C=O) groups is 4. The van der Waals surface area contributed by atoms with Crippen molar-refractivity contribution in [3.63, 3.8) is 0 Å². The van der Waals surface area contributed by atoms with E-state index in [-0.39, 0.29) is 23.8 Å². The number of ether oxygens (including phenoxy) is 1. The lowest BCUT2D eigenvalue weighted by Crippen LogP contribution is -2.55. The van der Waals surface area contributed by atoms with Gasteiger partial charge in [0.1, 0.15) is 17.7 Å². The second-order valence-corrected chi connectivity index (χ2v) is 11.4. The van der Waals surface area contributed by atoms with Crippen LogP contribution in [0.4, 0.5) is 10.5 Å². The van der Waals surface area contributed by atoms with E-state index in [9.17, 15) is 19.2 Å². The fourth-order valence-corrected chi connectivity index (χ4v) is 5.00. The van der Waals surface area contributed by atoms with Crippen LogP contribution in [0.5, 0.6) is 0 Å². The number of halogens is 1. The van der Waals surface area contributed by atoms with Gasteiger partial charge in [0.15, 0.2) is 0 Å². The Morgan fingerprint density at radius 3 is 2.51 bits per heavy atom. The molecule has 0 bridgehead atoms. The number of anilines is 1. The summed E-state index contributed by atoms with van der Waals surface area (Å²) >= 11 is 3.54. The van der Waals surface area contributed by atoms with E-state index in [4.69, 9.17) is 4.74 Å². The second kappa shape index (κ2) is 10.6. The lowest BCUT2D eigenvalue weighted by molar-refractivity contribution is -0.129. The van der Waals surface area contributed by atoms with Gasteiger partial charge < -0.3 is 20.3 Å². The van der Waals surface area contributed by atoms with Crippen molar-refractivity contribution in [2.75, 3.05) is 19.0 Å². The number of carbonyl (C=O) groups excluding carboxylic acids is 4. The molecule has 0 saturated heterocycles. The SMILES string of the molecule is C[C@H](CCC(=O)N(C)C)NC(=O)[C@@H]1Cc2cc(Br)cc3c2N1C(=O)[C@@H](NC(=O)OC(C)(C)C)CC3. The average molecular weight is 551 g/mol. The number of nitrogens with one attached hydrogen (secondary N) is 2. The molecule has 0 radical (unpaired) electrons. The standard InChI is InChI=1S/C25H35BrN4O5/c1-14(7-10-20(31)29(5)6)27-22(32)19-13-16-12-17(26)11-15-8-9-18(23(33)30(19)21(15)16)28-24(34)35-25(2,3)4/h11-12,14,18-19H,7-10,13H2,1-6H3,(H,27,32)(H,28,34)/t14-,18+,19+/m1/s1. The molecule has 2 heterocycles. The molecule has 0 aliphatic carbocycles. The van der Waals surface area contributed by atoms with Gasteiger partial charge in [0, 0.05) is 37.5 Å². The van der Waals surface area contributed by atoms with Crippen LogP contribution in [0.15, 0.2) is 16.6 Å². The zero-order valence-corrected chi connectivity index (χ0v) is 22.8. The molecular formula is C25H35BrN4O5. The second-order valence-electron chi connectivity index (χ2n) is 10.5. The molecule has 2 aliphatic rings. The van der Waals surface area contributed by atoms with E-state index >= 15 is 0 Å².